The van der Waals surface area contributed by atoms with Gasteiger partial charge in [0.25, 0.3) is 0 Å². The average Bonchev–Trinajstić information content (AvgIpc) is 3.67. The fourth-order valence-corrected chi connectivity index (χ4v) is 7.47. The van der Waals surface area contributed by atoms with Crippen LogP contribution in [0.1, 0.15) is 13.7 Å². The maximum atomic E-state index is 8.84. The van der Waals surface area contributed by atoms with Gasteiger partial charge in [0.05, 0.1) is 13.7 Å². The molecule has 0 unspecified atom stereocenters. The number of hydrogen-bond donors (Lipinski definition) is 0. The molecule has 10 rings (SSSR count). The molecule has 1 nitrogen and oxygen atoms in total. The molecule has 1 aromatic heterocycles. The normalized spacial score (nSPS) is 14.3. The first kappa shape index (κ1) is 20.7. The van der Waals surface area contributed by atoms with E-state index in [0.29, 0.717) is 22.3 Å². The maximum Gasteiger partial charge on any atom is 0.136 e. The molecular weight excluding hydrogens is 617 g/mol. The van der Waals surface area contributed by atoms with Crippen LogP contribution in [0.5, 0.6) is 0 Å². The molecule has 1 heterocycles. The molecule has 0 bridgehead atoms. The summed E-state index contributed by atoms with van der Waals surface area (Å²) in [5.41, 5.74) is 7.76. The Morgan fingerprint density at radius 2 is 0.941 bits per heavy atom. The second-order valence-electron chi connectivity index (χ2n) is 12.5. The molecule has 0 radical (unpaired) electrons. The first-order valence-electron chi connectivity index (χ1n) is 21.7. The van der Waals surface area contributed by atoms with Gasteiger partial charge < -0.3 is 4.42 Å². The minimum absolute atomic E-state index is 0.109. The highest BCUT2D eigenvalue weighted by atomic mass is 16.3. The Balaban J connectivity index is 1.23. The number of hydrogen-bond acceptors (Lipinski definition) is 1. The molecule has 0 saturated carbocycles. The van der Waals surface area contributed by atoms with Gasteiger partial charge in [0.1, 0.15) is 11.2 Å². The van der Waals surface area contributed by atoms with Gasteiger partial charge in [-0.2, -0.15) is 0 Å². The molecular formula is C50H32O. The molecule has 238 valence electrons. The van der Waals surface area contributed by atoms with E-state index in [-0.39, 0.29) is 47.4 Å². The summed E-state index contributed by atoms with van der Waals surface area (Å²) in [6.45, 7) is 0. The Morgan fingerprint density at radius 1 is 0.333 bits per heavy atom. The van der Waals surface area contributed by atoms with Crippen LogP contribution >= 0.6 is 0 Å². The van der Waals surface area contributed by atoms with Crippen LogP contribution in [-0.4, -0.2) is 0 Å². The Kier molecular flexibility index (Phi) is 4.88. The van der Waals surface area contributed by atoms with Crippen molar-refractivity contribution in [1.82, 2.24) is 0 Å². The van der Waals surface area contributed by atoms with Crippen LogP contribution in [-0.2, 0) is 0 Å². The van der Waals surface area contributed by atoms with Crippen molar-refractivity contribution < 1.29 is 18.1 Å². The smallest absolute Gasteiger partial charge is 0.136 e. The molecule has 1 heteroatoms. The van der Waals surface area contributed by atoms with Gasteiger partial charge in [-0.15, -0.1) is 0 Å². The zero-order valence-corrected chi connectivity index (χ0v) is 27.1. The molecule has 0 aliphatic rings. The summed E-state index contributed by atoms with van der Waals surface area (Å²) in [5.74, 6) is 0. The van der Waals surface area contributed by atoms with Crippen LogP contribution in [0, 0.1) is 0 Å². The van der Waals surface area contributed by atoms with E-state index in [1.54, 1.807) is 12.1 Å². The standard InChI is InChI=1S/C50H32O/c1-4-15-33(16-5-1)36-27-30-43-47(32-36)51-46-26-14-25-44(50(43)46)49-41-23-12-10-21-39(41)48(40-22-11-13-24-42(40)49)37-28-29-38(34-17-6-2-7-18-34)45(31-37)35-19-8-3-9-20-35/h1-32H/i1D,2D,4D,5D,6D,7D,15D,16D,17D,18D. The van der Waals surface area contributed by atoms with Gasteiger partial charge >= 0.3 is 0 Å². The summed E-state index contributed by atoms with van der Waals surface area (Å²) >= 11 is 0. The summed E-state index contributed by atoms with van der Waals surface area (Å²) in [5, 5.41) is 5.64. The van der Waals surface area contributed by atoms with Crippen LogP contribution < -0.4 is 0 Å². The van der Waals surface area contributed by atoms with Crippen molar-refractivity contribution in [3.05, 3.63) is 194 Å². The molecule has 10 aromatic rings. The quantitative estimate of drug-likeness (QED) is 0.168. The first-order chi connectivity index (χ1) is 29.5. The van der Waals surface area contributed by atoms with Crippen molar-refractivity contribution >= 4 is 43.5 Å². The Morgan fingerprint density at radius 3 is 1.63 bits per heavy atom. The van der Waals surface area contributed by atoms with Gasteiger partial charge in [0.2, 0.25) is 0 Å². The molecule has 0 aliphatic heterocycles. The van der Waals surface area contributed by atoms with E-state index in [1.807, 2.05) is 84.9 Å². The molecule has 0 amide bonds. The second-order valence-corrected chi connectivity index (χ2v) is 12.5. The Hall–Kier alpha value is -6.70. The minimum Gasteiger partial charge on any atom is -0.456 e. The van der Waals surface area contributed by atoms with Crippen molar-refractivity contribution in [3.8, 4) is 55.6 Å². The fourth-order valence-electron chi connectivity index (χ4n) is 7.47. The third-order valence-corrected chi connectivity index (χ3v) is 9.65. The van der Waals surface area contributed by atoms with E-state index < -0.39 is 24.2 Å². The first-order valence-corrected chi connectivity index (χ1v) is 16.7. The monoisotopic (exact) mass is 658 g/mol. The van der Waals surface area contributed by atoms with Crippen LogP contribution in [0.25, 0.3) is 99.1 Å². The van der Waals surface area contributed by atoms with Crippen molar-refractivity contribution in [3.63, 3.8) is 0 Å². The second kappa shape index (κ2) is 12.0. The summed E-state index contributed by atoms with van der Waals surface area (Å²) < 4.78 is 90.9. The number of furan rings is 1. The molecule has 0 fully saturated rings. The van der Waals surface area contributed by atoms with E-state index in [0.717, 1.165) is 65.7 Å². The van der Waals surface area contributed by atoms with Gasteiger partial charge in [-0.05, 0) is 101 Å². The third-order valence-electron chi connectivity index (χ3n) is 9.65. The third kappa shape index (κ3) is 4.86. The summed E-state index contributed by atoms with van der Waals surface area (Å²) in [7, 11) is 0. The predicted octanol–water partition coefficient (Wildman–Crippen LogP) is 14.2. The summed E-state index contributed by atoms with van der Waals surface area (Å²) in [4.78, 5) is 0. The van der Waals surface area contributed by atoms with Gasteiger partial charge in [-0.3, -0.25) is 0 Å². The fraction of sp³-hybridized carbons (Fsp3) is 0. The molecule has 0 N–H and O–H groups in total. The number of rotatable bonds is 5. The predicted molar refractivity (Wildman–Crippen MR) is 216 cm³/mol. The van der Waals surface area contributed by atoms with Crippen LogP contribution in [0.4, 0.5) is 0 Å². The van der Waals surface area contributed by atoms with Crippen molar-refractivity contribution in [1.29, 1.82) is 0 Å². The summed E-state index contributed by atoms with van der Waals surface area (Å²) in [6.07, 6.45) is 0. The van der Waals surface area contributed by atoms with E-state index >= 15 is 0 Å². The molecule has 51 heavy (non-hydrogen) atoms. The highest BCUT2D eigenvalue weighted by Crippen LogP contribution is 2.48. The van der Waals surface area contributed by atoms with Gasteiger partial charge in [0.15, 0.2) is 0 Å². The van der Waals surface area contributed by atoms with Crippen LogP contribution in [0.3, 0.4) is 0 Å². The van der Waals surface area contributed by atoms with Crippen molar-refractivity contribution in [2.75, 3.05) is 0 Å². The zero-order chi connectivity index (χ0) is 42.4. The SMILES string of the molecule is [2H]c1c([2H])c([2H])c(-c2ccc3c(c2)oc2cccc(-c4c5ccccc5c(-c5ccc(-c6c([2H])c([2H])c([2H])c([2H])c6[2H])c(-c6ccccc6)c5)c5ccccc45)c23)c([2H])c1[2H]. The largest absolute Gasteiger partial charge is 0.456 e. The zero-order valence-electron chi connectivity index (χ0n) is 37.1. The lowest BCUT2D eigenvalue weighted by Gasteiger charge is -2.19. The number of fused-ring (bicyclic) bond motifs is 5. The lowest BCUT2D eigenvalue weighted by atomic mass is 9.83. The van der Waals surface area contributed by atoms with Gasteiger partial charge in [0, 0.05) is 10.8 Å². The van der Waals surface area contributed by atoms with Gasteiger partial charge in [-0.1, -0.05) is 170 Å². The van der Waals surface area contributed by atoms with Gasteiger partial charge in [-0.25, -0.2) is 0 Å². The number of benzene rings is 9. The van der Waals surface area contributed by atoms with E-state index in [9.17, 15) is 0 Å². The molecule has 0 saturated heterocycles. The lowest BCUT2D eigenvalue weighted by molar-refractivity contribution is 0.669. The maximum absolute atomic E-state index is 8.84. The Labute approximate surface area is 310 Å². The van der Waals surface area contributed by atoms with Crippen LogP contribution in [0.15, 0.2) is 198 Å². The van der Waals surface area contributed by atoms with E-state index in [2.05, 4.69) is 36.4 Å². The molecule has 0 spiro atoms. The summed E-state index contributed by atoms with van der Waals surface area (Å²) in [6, 6.07) is 39.9. The highest BCUT2D eigenvalue weighted by molar-refractivity contribution is 6.25. The lowest BCUT2D eigenvalue weighted by Crippen LogP contribution is -1.93. The topological polar surface area (TPSA) is 13.1 Å². The Bertz CT molecular complexity index is 3370. The molecule has 0 atom stereocenters. The molecule has 9 aromatic carbocycles. The molecule has 0 aliphatic carbocycles. The minimum atomic E-state index is -0.444. The highest BCUT2D eigenvalue weighted by Gasteiger charge is 2.21. The van der Waals surface area contributed by atoms with Crippen LogP contribution in [0.2, 0.25) is 0 Å². The van der Waals surface area contributed by atoms with Crippen molar-refractivity contribution in [2.24, 2.45) is 0 Å². The van der Waals surface area contributed by atoms with E-state index in [4.69, 9.17) is 18.1 Å². The van der Waals surface area contributed by atoms with E-state index in [1.165, 1.54) is 0 Å². The average molecular weight is 659 g/mol. The van der Waals surface area contributed by atoms with Crippen molar-refractivity contribution in [2.45, 2.75) is 0 Å².